The molecule has 1 aromatic carbocycles. The molecule has 1 atom stereocenters. The predicted octanol–water partition coefficient (Wildman–Crippen LogP) is 4.14. The minimum Gasteiger partial charge on any atom is -0.476 e. The number of hydrogen-bond acceptors (Lipinski definition) is 6. The van der Waals surface area contributed by atoms with Gasteiger partial charge in [0.2, 0.25) is 11.0 Å². The highest BCUT2D eigenvalue weighted by Crippen LogP contribution is 2.37. The van der Waals surface area contributed by atoms with Crippen LogP contribution in [0.1, 0.15) is 27.2 Å². The van der Waals surface area contributed by atoms with Crippen molar-refractivity contribution in [1.29, 1.82) is 0 Å². The molecule has 27 heavy (non-hydrogen) atoms. The Morgan fingerprint density at radius 2 is 1.85 bits per heavy atom. The molecule has 0 aromatic heterocycles. The van der Waals surface area contributed by atoms with Crippen molar-refractivity contribution in [2.75, 3.05) is 6.26 Å². The van der Waals surface area contributed by atoms with Crippen LogP contribution in [0.2, 0.25) is 0 Å². The normalized spacial score (nSPS) is 17.9. The summed E-state index contributed by atoms with van der Waals surface area (Å²) in [5.41, 5.74) is -1.94. The van der Waals surface area contributed by atoms with E-state index in [1.165, 1.54) is 0 Å². The lowest BCUT2D eigenvalue weighted by Crippen LogP contribution is -2.50. The van der Waals surface area contributed by atoms with Gasteiger partial charge in [-0.1, -0.05) is 32.4 Å². The minimum absolute atomic E-state index is 0.0337. The lowest BCUT2D eigenvalue weighted by molar-refractivity contribution is -0.146. The van der Waals surface area contributed by atoms with Crippen LogP contribution >= 0.6 is 35.1 Å². The number of hydrogen-bond donors (Lipinski definition) is 1. The van der Waals surface area contributed by atoms with E-state index in [9.17, 15) is 19.5 Å². The number of aliphatic carboxylic acids is 1. The number of amides is 1. The number of thioether (sulfide) groups is 2. The summed E-state index contributed by atoms with van der Waals surface area (Å²) in [4.78, 5) is 38.2. The second-order valence-corrected chi connectivity index (χ2v) is 9.09. The number of alkyl halides is 1. The van der Waals surface area contributed by atoms with Gasteiger partial charge in [-0.2, -0.15) is 0 Å². The first-order valence-electron chi connectivity index (χ1n) is 8.02. The summed E-state index contributed by atoms with van der Waals surface area (Å²) in [6, 6.07) is 6.97. The molecule has 2 rings (SSSR count). The lowest BCUT2D eigenvalue weighted by atomic mass is 10.00. The van der Waals surface area contributed by atoms with Crippen LogP contribution in [0.15, 0.2) is 39.9 Å². The number of carbonyl (C=O) groups is 3. The highest BCUT2D eigenvalue weighted by Gasteiger charge is 2.43. The molecule has 6 nitrogen and oxygen atoms in total. The Morgan fingerprint density at radius 3 is 2.26 bits per heavy atom. The molecule has 1 saturated heterocycles. The van der Waals surface area contributed by atoms with Crippen molar-refractivity contribution in [3.8, 4) is 5.75 Å². The highest BCUT2D eigenvalue weighted by atomic mass is 35.5. The Balaban J connectivity index is 2.47. The molecule has 0 spiro atoms. The summed E-state index contributed by atoms with van der Waals surface area (Å²) in [5, 5.41) is 9.19. The minimum atomic E-state index is -1.39. The number of ether oxygens (including phenoxy) is 1. The highest BCUT2D eigenvalue weighted by molar-refractivity contribution is 8.16. The number of benzene rings is 1. The molecule has 1 aliphatic heterocycles. The van der Waals surface area contributed by atoms with Crippen molar-refractivity contribution >= 4 is 52.1 Å². The van der Waals surface area contributed by atoms with E-state index < -0.39 is 28.5 Å². The van der Waals surface area contributed by atoms with E-state index in [0.29, 0.717) is 17.5 Å². The van der Waals surface area contributed by atoms with Crippen LogP contribution in [0.4, 0.5) is 0 Å². The van der Waals surface area contributed by atoms with Crippen LogP contribution < -0.4 is 4.74 Å². The van der Waals surface area contributed by atoms with Gasteiger partial charge in [0.1, 0.15) is 11.3 Å². The third kappa shape index (κ3) is 5.21. The van der Waals surface area contributed by atoms with E-state index in [1.54, 1.807) is 44.7 Å². The predicted molar refractivity (Wildman–Crippen MR) is 107 cm³/mol. The Morgan fingerprint density at radius 1 is 1.26 bits per heavy atom. The number of likely N-dealkylation sites (tertiary alicyclic amines) is 1. The Bertz CT molecular complexity index is 786. The number of carboxylic acids is 1. The first-order chi connectivity index (χ1) is 12.5. The van der Waals surface area contributed by atoms with Gasteiger partial charge >= 0.3 is 5.97 Å². The van der Waals surface area contributed by atoms with Crippen LogP contribution in [-0.4, -0.2) is 38.8 Å². The van der Waals surface area contributed by atoms with E-state index in [4.69, 9.17) is 16.3 Å². The quantitative estimate of drug-likeness (QED) is 0.181. The maximum atomic E-state index is 12.5. The molecule has 0 saturated carbocycles. The number of carbonyl (C=O) groups excluding carboxylic acids is 2. The summed E-state index contributed by atoms with van der Waals surface area (Å²) in [6.45, 7) is 5.15. The van der Waals surface area contributed by atoms with Gasteiger partial charge in [0.15, 0.2) is 10.8 Å². The van der Waals surface area contributed by atoms with E-state index in [-0.39, 0.29) is 16.6 Å². The van der Waals surface area contributed by atoms with Gasteiger partial charge in [-0.3, -0.25) is 14.5 Å². The van der Waals surface area contributed by atoms with Gasteiger partial charge in [0, 0.05) is 10.3 Å². The molecule has 1 N–H and O–H groups in total. The molecular weight excluding hydrogens is 410 g/mol. The van der Waals surface area contributed by atoms with Crippen molar-refractivity contribution in [3.63, 3.8) is 0 Å². The summed E-state index contributed by atoms with van der Waals surface area (Å²) in [6.07, 6.45) is 1.96. The Labute approximate surface area is 171 Å². The average Bonchev–Trinajstić information content (AvgIpc) is 2.58. The van der Waals surface area contributed by atoms with Crippen LogP contribution in [-0.2, 0) is 14.4 Å². The fraction of sp³-hybridized carbons (Fsp3) is 0.389. The van der Waals surface area contributed by atoms with Crippen LogP contribution in [0.25, 0.3) is 0 Å². The van der Waals surface area contributed by atoms with E-state index in [0.717, 1.165) is 9.80 Å². The fourth-order valence-corrected chi connectivity index (χ4v) is 3.68. The monoisotopic (exact) mass is 429 g/mol. The third-order valence-corrected chi connectivity index (χ3v) is 5.95. The lowest BCUT2D eigenvalue weighted by Gasteiger charge is -2.36. The number of β-lactam (4-membered cyclic amide) rings is 1. The Kier molecular flexibility index (Phi) is 6.88. The van der Waals surface area contributed by atoms with Crippen LogP contribution in [0.5, 0.6) is 5.75 Å². The van der Waals surface area contributed by atoms with Gasteiger partial charge in [-0.05, 0) is 42.3 Å². The van der Waals surface area contributed by atoms with Crippen molar-refractivity contribution in [2.24, 2.45) is 5.41 Å². The van der Waals surface area contributed by atoms with Crippen molar-refractivity contribution in [1.82, 2.24) is 4.90 Å². The van der Waals surface area contributed by atoms with Crippen molar-refractivity contribution < 1.29 is 24.2 Å². The molecule has 146 valence electrons. The molecule has 0 radical (unpaired) electrons. The SMILES string of the molecule is CSc1ccc(OC(SC(=O)C(C)(C)C)=C(C(=O)O)N2C(=O)CC2Cl)cc1. The van der Waals surface area contributed by atoms with Gasteiger partial charge in [-0.25, -0.2) is 4.79 Å². The van der Waals surface area contributed by atoms with Gasteiger partial charge in [0.25, 0.3) is 0 Å². The van der Waals surface area contributed by atoms with Gasteiger partial charge < -0.3 is 9.84 Å². The fourth-order valence-electron chi connectivity index (χ4n) is 2.04. The second-order valence-electron chi connectivity index (χ2n) is 6.76. The molecule has 1 amide bonds. The van der Waals surface area contributed by atoms with Crippen molar-refractivity contribution in [2.45, 2.75) is 37.6 Å². The molecule has 0 aliphatic carbocycles. The standard InChI is InChI=1S/C18H20ClNO5S2/c1-18(2,3)17(24)27-16(25-10-5-7-11(26-4)8-6-10)14(15(22)23)20-12(19)9-13(20)21/h5-8,12H,9H2,1-4H3,(H,22,23). The molecule has 0 bridgehead atoms. The second kappa shape index (κ2) is 8.58. The number of rotatable bonds is 6. The molecule has 9 heteroatoms. The number of nitrogens with zero attached hydrogens (tertiary/aromatic N) is 1. The summed E-state index contributed by atoms with van der Waals surface area (Å²) < 4.78 is 5.74. The van der Waals surface area contributed by atoms with E-state index in [2.05, 4.69) is 0 Å². The zero-order chi connectivity index (χ0) is 20.4. The summed E-state index contributed by atoms with van der Waals surface area (Å²) in [7, 11) is 0. The van der Waals surface area contributed by atoms with Gasteiger partial charge in [0.05, 0.1) is 6.42 Å². The zero-order valence-corrected chi connectivity index (χ0v) is 17.7. The third-order valence-electron chi connectivity index (χ3n) is 3.60. The van der Waals surface area contributed by atoms with Gasteiger partial charge in [-0.15, -0.1) is 11.8 Å². The zero-order valence-electron chi connectivity index (χ0n) is 15.3. The summed E-state index contributed by atoms with van der Waals surface area (Å²) >= 11 is 8.22. The van der Waals surface area contributed by atoms with Crippen LogP contribution in [0, 0.1) is 5.41 Å². The smallest absolute Gasteiger partial charge is 0.357 e. The molecule has 1 aliphatic rings. The molecule has 1 heterocycles. The topological polar surface area (TPSA) is 83.9 Å². The number of carboxylic acid groups (broad SMARTS) is 1. The molecular formula is C18H20ClNO5S2. The Hall–Kier alpha value is -1.64. The average molecular weight is 430 g/mol. The maximum absolute atomic E-state index is 12.5. The first kappa shape index (κ1) is 21.7. The largest absolute Gasteiger partial charge is 0.476 e. The molecule has 1 unspecified atom stereocenters. The number of halogens is 1. The first-order valence-corrected chi connectivity index (χ1v) is 10.5. The molecule has 1 fully saturated rings. The maximum Gasteiger partial charge on any atom is 0.357 e. The molecule has 1 aromatic rings. The van der Waals surface area contributed by atoms with E-state index in [1.807, 2.05) is 18.4 Å². The summed E-state index contributed by atoms with van der Waals surface area (Å²) in [5.74, 6) is -1.47. The van der Waals surface area contributed by atoms with Crippen molar-refractivity contribution in [3.05, 3.63) is 35.1 Å². The van der Waals surface area contributed by atoms with E-state index >= 15 is 0 Å². The van der Waals surface area contributed by atoms with Crippen LogP contribution in [0.3, 0.4) is 0 Å².